The van der Waals surface area contributed by atoms with Gasteiger partial charge in [0.25, 0.3) is 5.56 Å². The molecule has 11 heteroatoms. The second-order valence-electron chi connectivity index (χ2n) is 4.58. The summed E-state index contributed by atoms with van der Waals surface area (Å²) < 4.78 is 24.1. The predicted molar refractivity (Wildman–Crippen MR) is 68.5 cm³/mol. The van der Waals surface area contributed by atoms with E-state index < -0.39 is 47.4 Å². The van der Waals surface area contributed by atoms with Gasteiger partial charge >= 0.3 is 5.69 Å². The second kappa shape index (κ2) is 6.36. The zero-order valence-corrected chi connectivity index (χ0v) is 11.1. The number of carbonyl (C=O) groups is 1. The first kappa shape index (κ1) is 16.3. The average molecular weight is 319 g/mol. The van der Waals surface area contributed by atoms with Crippen molar-refractivity contribution < 1.29 is 28.9 Å². The van der Waals surface area contributed by atoms with Crippen molar-refractivity contribution in [1.82, 2.24) is 9.55 Å². The number of H-pyrrole nitrogens is 1. The Hall–Kier alpha value is -2.08. The maximum Gasteiger partial charge on any atom is 0.332 e. The molecule has 4 atom stereocenters. The summed E-state index contributed by atoms with van der Waals surface area (Å²) in [6.45, 7) is -0.489. The number of aldehydes is 1. The molecule has 0 aliphatic carbocycles. The first-order valence-electron chi connectivity index (χ1n) is 6.21. The van der Waals surface area contributed by atoms with E-state index in [9.17, 15) is 29.0 Å². The summed E-state index contributed by atoms with van der Waals surface area (Å²) in [7, 11) is 0. The average Bonchev–Trinajstić information content (AvgIpc) is 2.74. The molecular formula is C11H14FN3O7. The van der Waals surface area contributed by atoms with Gasteiger partial charge in [-0.15, -0.1) is 0 Å². The van der Waals surface area contributed by atoms with Gasteiger partial charge in [0.2, 0.25) is 5.82 Å². The third-order valence-corrected chi connectivity index (χ3v) is 3.18. The molecule has 1 aromatic heterocycles. The van der Waals surface area contributed by atoms with Crippen LogP contribution in [0.2, 0.25) is 0 Å². The number of aliphatic hydroxyl groups is 2. The van der Waals surface area contributed by atoms with Crippen molar-refractivity contribution in [2.45, 2.75) is 24.5 Å². The molecule has 0 amide bonds. The fourth-order valence-electron chi connectivity index (χ4n) is 2.11. The number of rotatable bonds is 5. The number of nitrogens with two attached hydrogens (primary N) is 1. The molecule has 0 radical (unpaired) electrons. The molecule has 5 N–H and O–H groups in total. The van der Waals surface area contributed by atoms with Crippen molar-refractivity contribution in [2.24, 2.45) is 0 Å². The molecule has 22 heavy (non-hydrogen) atoms. The van der Waals surface area contributed by atoms with Crippen molar-refractivity contribution in [2.75, 3.05) is 18.9 Å². The highest BCUT2D eigenvalue weighted by atomic mass is 19.1. The van der Waals surface area contributed by atoms with Crippen LogP contribution >= 0.6 is 0 Å². The van der Waals surface area contributed by atoms with E-state index in [1.165, 1.54) is 0 Å². The van der Waals surface area contributed by atoms with E-state index in [0.29, 0.717) is 10.9 Å². The summed E-state index contributed by atoms with van der Waals surface area (Å²) in [5.41, 5.74) is 2.95. The summed E-state index contributed by atoms with van der Waals surface area (Å²) in [5, 5.41) is 19.7. The molecule has 2 unspecified atom stereocenters. The number of anilines is 1. The van der Waals surface area contributed by atoms with E-state index in [2.05, 4.69) is 0 Å². The SMILES string of the molecule is Nc1c(F)c(=O)[nH]c(=O)n1[C@H]1O[C@@H](COCC=O)C(O)C1O. The Kier molecular flexibility index (Phi) is 4.71. The Morgan fingerprint density at radius 3 is 2.73 bits per heavy atom. The zero-order valence-electron chi connectivity index (χ0n) is 11.1. The number of aliphatic hydroxyl groups excluding tert-OH is 2. The highest BCUT2D eigenvalue weighted by Crippen LogP contribution is 2.30. The molecule has 2 rings (SSSR count). The van der Waals surface area contributed by atoms with E-state index in [4.69, 9.17) is 15.2 Å². The first-order chi connectivity index (χ1) is 10.4. The number of halogens is 1. The van der Waals surface area contributed by atoms with E-state index in [0.717, 1.165) is 0 Å². The molecule has 0 spiro atoms. The fraction of sp³-hybridized carbons (Fsp3) is 0.545. The smallest absolute Gasteiger partial charge is 0.332 e. The van der Waals surface area contributed by atoms with Gasteiger partial charge in [-0.25, -0.2) is 9.36 Å². The van der Waals surface area contributed by atoms with Crippen LogP contribution in [0.15, 0.2) is 9.59 Å². The van der Waals surface area contributed by atoms with Gasteiger partial charge in [-0.05, 0) is 0 Å². The van der Waals surface area contributed by atoms with Crippen molar-refractivity contribution in [1.29, 1.82) is 0 Å². The number of carbonyl (C=O) groups excluding carboxylic acids is 1. The predicted octanol–water partition coefficient (Wildman–Crippen LogP) is -2.91. The van der Waals surface area contributed by atoms with Crippen LogP contribution in [-0.2, 0) is 14.3 Å². The number of aromatic amines is 1. The van der Waals surface area contributed by atoms with Gasteiger partial charge in [0.1, 0.15) is 31.2 Å². The van der Waals surface area contributed by atoms with E-state index in [1.54, 1.807) is 4.98 Å². The number of nitrogens with one attached hydrogen (secondary N) is 1. The van der Waals surface area contributed by atoms with Crippen LogP contribution in [0, 0.1) is 5.82 Å². The lowest BCUT2D eigenvalue weighted by atomic mass is 10.1. The molecule has 1 fully saturated rings. The lowest BCUT2D eigenvalue weighted by Gasteiger charge is -2.19. The van der Waals surface area contributed by atoms with Gasteiger partial charge in [-0.3, -0.25) is 9.78 Å². The van der Waals surface area contributed by atoms with E-state index in [1.807, 2.05) is 0 Å². The standard InChI is InChI=1S/C11H14FN3O7/c12-5-8(13)15(11(20)14-9(5)19)10-7(18)6(17)4(22-10)3-21-2-1-16/h1,4,6-7,10,17-18H,2-3,13H2,(H,14,19,20)/t4-,6?,7?,10-/m0/s1. The van der Waals surface area contributed by atoms with Gasteiger partial charge in [0, 0.05) is 0 Å². The lowest BCUT2D eigenvalue weighted by molar-refractivity contribution is -0.115. The molecule has 0 saturated carbocycles. The van der Waals surface area contributed by atoms with Crippen LogP contribution < -0.4 is 17.0 Å². The van der Waals surface area contributed by atoms with Crippen LogP contribution in [0.3, 0.4) is 0 Å². The Morgan fingerprint density at radius 1 is 1.41 bits per heavy atom. The van der Waals surface area contributed by atoms with E-state index >= 15 is 0 Å². The number of aromatic nitrogens is 2. The van der Waals surface area contributed by atoms with Gasteiger partial charge in [0.15, 0.2) is 12.0 Å². The van der Waals surface area contributed by atoms with E-state index in [-0.39, 0.29) is 13.2 Å². The largest absolute Gasteiger partial charge is 0.387 e. The molecule has 0 bridgehead atoms. The molecular weight excluding hydrogens is 305 g/mol. The molecule has 122 valence electrons. The molecule has 1 saturated heterocycles. The minimum atomic E-state index is -1.62. The normalized spacial score (nSPS) is 28.0. The number of nitrogens with zero attached hydrogens (tertiary/aromatic N) is 1. The highest BCUT2D eigenvalue weighted by Gasteiger charge is 2.45. The Balaban J connectivity index is 2.30. The topological polar surface area (TPSA) is 157 Å². The quantitative estimate of drug-likeness (QED) is 0.332. The molecule has 1 aliphatic rings. The van der Waals surface area contributed by atoms with Gasteiger partial charge < -0.3 is 30.2 Å². The third-order valence-electron chi connectivity index (χ3n) is 3.18. The molecule has 1 aromatic rings. The zero-order chi connectivity index (χ0) is 16.4. The number of hydrogen-bond donors (Lipinski definition) is 4. The molecule has 2 heterocycles. The summed E-state index contributed by atoms with van der Waals surface area (Å²) in [5.74, 6) is -2.25. The van der Waals surface area contributed by atoms with Crippen LogP contribution in [0.4, 0.5) is 10.2 Å². The monoisotopic (exact) mass is 319 g/mol. The van der Waals surface area contributed by atoms with Crippen molar-refractivity contribution in [3.8, 4) is 0 Å². The van der Waals surface area contributed by atoms with Crippen LogP contribution in [0.1, 0.15) is 6.23 Å². The number of nitrogen functional groups attached to an aromatic ring is 1. The van der Waals surface area contributed by atoms with Crippen LogP contribution in [-0.4, -0.2) is 57.6 Å². The maximum atomic E-state index is 13.5. The highest BCUT2D eigenvalue weighted by molar-refractivity contribution is 5.50. The molecule has 0 aromatic carbocycles. The number of ether oxygens (including phenoxy) is 2. The lowest BCUT2D eigenvalue weighted by Crippen LogP contribution is -2.40. The maximum absolute atomic E-state index is 13.5. The summed E-state index contributed by atoms with van der Waals surface area (Å²) in [4.78, 5) is 34.6. The molecule has 10 nitrogen and oxygen atoms in total. The van der Waals surface area contributed by atoms with Crippen LogP contribution in [0.25, 0.3) is 0 Å². The van der Waals surface area contributed by atoms with Gasteiger partial charge in [-0.2, -0.15) is 4.39 Å². The third kappa shape index (κ3) is 2.78. The fourth-order valence-corrected chi connectivity index (χ4v) is 2.11. The number of hydrogen-bond acceptors (Lipinski definition) is 8. The summed E-state index contributed by atoms with van der Waals surface area (Å²) >= 11 is 0. The summed E-state index contributed by atoms with van der Waals surface area (Å²) in [6.07, 6.45) is -5.18. The van der Waals surface area contributed by atoms with Crippen LogP contribution in [0.5, 0.6) is 0 Å². The van der Waals surface area contributed by atoms with Crippen molar-refractivity contribution in [3.63, 3.8) is 0 Å². The second-order valence-corrected chi connectivity index (χ2v) is 4.58. The van der Waals surface area contributed by atoms with Gasteiger partial charge in [0.05, 0.1) is 6.61 Å². The molecule has 1 aliphatic heterocycles. The minimum Gasteiger partial charge on any atom is -0.387 e. The van der Waals surface area contributed by atoms with Crippen molar-refractivity contribution >= 4 is 12.1 Å². The Morgan fingerprint density at radius 2 is 2.09 bits per heavy atom. The Labute approximate surface area is 121 Å². The van der Waals surface area contributed by atoms with Gasteiger partial charge in [-0.1, -0.05) is 0 Å². The Bertz CT molecular complexity index is 673. The van der Waals surface area contributed by atoms with Crippen molar-refractivity contribution in [3.05, 3.63) is 26.7 Å². The first-order valence-corrected chi connectivity index (χ1v) is 6.21. The minimum absolute atomic E-state index is 0.242. The summed E-state index contributed by atoms with van der Waals surface area (Å²) in [6, 6.07) is 0.